The van der Waals surface area contributed by atoms with E-state index < -0.39 is 24.4 Å². The number of hydrogen-bond donors (Lipinski definition) is 3. The number of hydrogen-bond acceptors (Lipinski definition) is 5. The lowest BCUT2D eigenvalue weighted by Gasteiger charge is -2.44. The first-order valence-electron chi connectivity index (χ1n) is 17.9. The van der Waals surface area contributed by atoms with E-state index in [4.69, 9.17) is 4.74 Å². The van der Waals surface area contributed by atoms with E-state index in [0.717, 1.165) is 48.9 Å². The molecule has 2 aliphatic heterocycles. The van der Waals surface area contributed by atoms with Crippen LogP contribution < -0.4 is 10.6 Å². The summed E-state index contributed by atoms with van der Waals surface area (Å²) in [5.41, 5.74) is 0. The number of carbonyl (C=O) groups is 2. The van der Waals surface area contributed by atoms with Crippen molar-refractivity contribution in [3.63, 3.8) is 0 Å². The van der Waals surface area contributed by atoms with E-state index in [1.54, 1.807) is 4.90 Å². The van der Waals surface area contributed by atoms with Crippen molar-refractivity contribution in [2.24, 2.45) is 35.5 Å². The second-order valence-corrected chi connectivity index (χ2v) is 14.2. The fourth-order valence-electron chi connectivity index (χ4n) is 8.04. The number of aliphatic hydroxyl groups excluding tert-OH is 1. The zero-order valence-corrected chi connectivity index (χ0v) is 27.9. The molecule has 3 unspecified atom stereocenters. The van der Waals surface area contributed by atoms with Crippen LogP contribution in [0.2, 0.25) is 0 Å². The summed E-state index contributed by atoms with van der Waals surface area (Å²) in [6.07, 6.45) is 17.7. The highest BCUT2D eigenvalue weighted by atomic mass is 16.5. The van der Waals surface area contributed by atoms with Crippen LogP contribution in [0.25, 0.3) is 0 Å². The van der Waals surface area contributed by atoms with Crippen molar-refractivity contribution >= 4 is 11.9 Å². The molecule has 0 aromatic carbocycles. The van der Waals surface area contributed by atoms with Crippen LogP contribution >= 0.6 is 0 Å². The maximum atomic E-state index is 12.5. The quantitative estimate of drug-likeness (QED) is 0.146. The molecule has 2 saturated heterocycles. The first kappa shape index (κ1) is 35.3. The highest BCUT2D eigenvalue weighted by Crippen LogP contribution is 2.45. The van der Waals surface area contributed by atoms with E-state index in [1.165, 1.54) is 77.0 Å². The van der Waals surface area contributed by atoms with Gasteiger partial charge in [0.15, 0.2) is 0 Å². The molecule has 42 heavy (non-hydrogen) atoms. The highest BCUT2D eigenvalue weighted by Gasteiger charge is 2.48. The van der Waals surface area contributed by atoms with E-state index in [1.807, 2.05) is 13.8 Å². The fourth-order valence-corrected chi connectivity index (χ4v) is 8.04. The Morgan fingerprint density at radius 1 is 0.786 bits per heavy atom. The Morgan fingerprint density at radius 2 is 1.36 bits per heavy atom. The molecular weight excluding hydrogens is 526 g/mol. The molecular formula is C35H65N3O4. The zero-order valence-electron chi connectivity index (χ0n) is 27.9. The number of imide groups is 1. The maximum absolute atomic E-state index is 12.5. The molecule has 0 aromatic heterocycles. The molecule has 0 radical (unpaired) electrons. The molecule has 3 aliphatic rings. The Balaban J connectivity index is 1.19. The third-order valence-electron chi connectivity index (χ3n) is 11.4. The Kier molecular flexibility index (Phi) is 15.1. The lowest BCUT2D eigenvalue weighted by atomic mass is 9.62. The van der Waals surface area contributed by atoms with Crippen molar-refractivity contribution in [1.82, 2.24) is 15.5 Å². The van der Waals surface area contributed by atoms with Gasteiger partial charge in [-0.1, -0.05) is 119 Å². The smallest absolute Gasteiger partial charge is 0.325 e. The van der Waals surface area contributed by atoms with Crippen molar-refractivity contribution in [3.8, 4) is 0 Å². The van der Waals surface area contributed by atoms with Crippen LogP contribution in [0, 0.1) is 35.5 Å². The van der Waals surface area contributed by atoms with Crippen molar-refractivity contribution in [2.75, 3.05) is 13.2 Å². The summed E-state index contributed by atoms with van der Waals surface area (Å²) in [5, 5.41) is 16.6. The topological polar surface area (TPSA) is 90.9 Å². The molecule has 10 atom stereocenters. The summed E-state index contributed by atoms with van der Waals surface area (Å²) in [6.45, 7) is 14.6. The van der Waals surface area contributed by atoms with E-state index in [2.05, 4.69) is 38.3 Å². The molecule has 1 aliphatic carbocycles. The molecule has 7 nitrogen and oxygen atoms in total. The largest absolute Gasteiger partial charge is 0.389 e. The minimum atomic E-state index is -0.669. The molecule has 3 N–H and O–H groups in total. The predicted molar refractivity (Wildman–Crippen MR) is 171 cm³/mol. The average Bonchev–Trinajstić information content (AvgIpc) is 3.29. The van der Waals surface area contributed by atoms with Crippen molar-refractivity contribution < 1.29 is 19.4 Å². The SMILES string of the molecule is CC[C@H]1CC(CCCCCCCCCCCCCO[C@H]2C(O)[C@@H](CC)N[C@H]2N2CC(C)C(=O)NC2=O)[C@@H](C)[C@@H](C)[C@H]1C. The Bertz CT molecular complexity index is 807. The number of urea groups is 1. The van der Waals surface area contributed by atoms with Gasteiger partial charge in [0.05, 0.1) is 12.0 Å². The van der Waals surface area contributed by atoms with Crippen LogP contribution in [-0.2, 0) is 9.53 Å². The number of carbonyl (C=O) groups excluding carboxylic acids is 2. The molecule has 3 amide bonds. The predicted octanol–water partition coefficient (Wildman–Crippen LogP) is 7.26. The summed E-state index contributed by atoms with van der Waals surface area (Å²) in [7, 11) is 0. The van der Waals surface area contributed by atoms with Crippen molar-refractivity contribution in [1.29, 1.82) is 0 Å². The van der Waals surface area contributed by atoms with Gasteiger partial charge < -0.3 is 14.7 Å². The van der Waals surface area contributed by atoms with Gasteiger partial charge in [0, 0.05) is 19.2 Å². The van der Waals surface area contributed by atoms with Gasteiger partial charge in [0.25, 0.3) is 0 Å². The van der Waals surface area contributed by atoms with Gasteiger partial charge in [-0.15, -0.1) is 0 Å². The minimum Gasteiger partial charge on any atom is -0.389 e. The van der Waals surface area contributed by atoms with Gasteiger partial charge in [-0.3, -0.25) is 15.4 Å². The fraction of sp³-hybridized carbons (Fsp3) is 0.943. The van der Waals surface area contributed by atoms with Crippen LogP contribution in [-0.4, -0.2) is 59.5 Å². The van der Waals surface area contributed by atoms with Crippen LogP contribution in [0.1, 0.15) is 138 Å². The second kappa shape index (κ2) is 17.9. The number of nitrogens with zero attached hydrogens (tertiary/aromatic N) is 1. The summed E-state index contributed by atoms with van der Waals surface area (Å²) in [5.74, 6) is 4.05. The van der Waals surface area contributed by atoms with Gasteiger partial charge in [-0.2, -0.15) is 0 Å². The highest BCUT2D eigenvalue weighted by molar-refractivity contribution is 5.97. The van der Waals surface area contributed by atoms with Crippen molar-refractivity contribution in [3.05, 3.63) is 0 Å². The van der Waals surface area contributed by atoms with Crippen LogP contribution in [0.4, 0.5) is 4.79 Å². The second-order valence-electron chi connectivity index (χ2n) is 14.2. The summed E-state index contributed by atoms with van der Waals surface area (Å²) >= 11 is 0. The zero-order chi connectivity index (χ0) is 30.6. The summed E-state index contributed by atoms with van der Waals surface area (Å²) in [4.78, 5) is 26.0. The van der Waals surface area contributed by atoms with Gasteiger partial charge in [0.2, 0.25) is 5.91 Å². The minimum absolute atomic E-state index is 0.123. The number of amides is 3. The van der Waals surface area contributed by atoms with Crippen molar-refractivity contribution in [2.45, 2.75) is 162 Å². The Labute approximate surface area is 257 Å². The number of nitrogens with one attached hydrogen (secondary N) is 2. The molecule has 3 fully saturated rings. The number of unbranched alkanes of at least 4 members (excludes halogenated alkanes) is 10. The van der Waals surface area contributed by atoms with Gasteiger partial charge >= 0.3 is 6.03 Å². The molecule has 1 saturated carbocycles. The molecule has 0 spiro atoms. The lowest BCUT2D eigenvalue weighted by Crippen LogP contribution is -2.62. The van der Waals surface area contributed by atoms with E-state index >= 15 is 0 Å². The number of rotatable bonds is 18. The molecule has 244 valence electrons. The maximum Gasteiger partial charge on any atom is 0.325 e. The lowest BCUT2D eigenvalue weighted by molar-refractivity contribution is -0.126. The van der Waals surface area contributed by atoms with E-state index in [9.17, 15) is 14.7 Å². The molecule has 7 heteroatoms. The monoisotopic (exact) mass is 591 g/mol. The third-order valence-corrected chi connectivity index (χ3v) is 11.4. The Morgan fingerprint density at radius 3 is 1.95 bits per heavy atom. The molecule has 3 rings (SSSR count). The average molecular weight is 592 g/mol. The third kappa shape index (κ3) is 9.66. The van der Waals surface area contributed by atoms with Gasteiger partial charge in [0.1, 0.15) is 12.3 Å². The van der Waals surface area contributed by atoms with E-state index in [-0.39, 0.29) is 17.9 Å². The van der Waals surface area contributed by atoms with Gasteiger partial charge in [-0.05, 0) is 48.9 Å². The first-order chi connectivity index (χ1) is 20.2. The number of ether oxygens (including phenoxy) is 1. The van der Waals surface area contributed by atoms with E-state index in [0.29, 0.717) is 13.2 Å². The van der Waals surface area contributed by atoms with Crippen LogP contribution in [0.15, 0.2) is 0 Å². The van der Waals surface area contributed by atoms with Crippen LogP contribution in [0.5, 0.6) is 0 Å². The summed E-state index contributed by atoms with van der Waals surface area (Å²) in [6, 6.07) is -0.528. The first-order valence-corrected chi connectivity index (χ1v) is 17.9. The molecule has 0 aromatic rings. The Hall–Kier alpha value is -1.18. The van der Waals surface area contributed by atoms with Crippen LogP contribution in [0.3, 0.4) is 0 Å². The molecule has 0 bridgehead atoms. The van der Waals surface area contributed by atoms with Gasteiger partial charge in [-0.25, -0.2) is 4.79 Å². The summed E-state index contributed by atoms with van der Waals surface area (Å²) < 4.78 is 6.16. The molecule has 2 heterocycles. The standard InChI is InChI=1S/C35H65N3O4/c1-7-28-22-29(27(6)25(4)26(28)5)20-18-16-14-12-10-9-11-13-15-17-19-21-42-32-31(39)30(8-2)36-33(32)38-23-24(3)34(40)37-35(38)41/h24-33,36,39H,7-23H2,1-6H3,(H,37,40,41)/t24?,25-,26+,27-,28-,29?,30+,31?,32-,33-/m0/s1. The normalized spacial score (nSPS) is 35.5. The number of aliphatic hydroxyl groups is 1.